The number of nitrogens with zero attached hydrogens (tertiary/aromatic N) is 1. The molecule has 0 saturated carbocycles. The molecule has 0 unspecified atom stereocenters. The highest BCUT2D eigenvalue weighted by molar-refractivity contribution is 5.84. The van der Waals surface area contributed by atoms with E-state index in [0.717, 1.165) is 30.2 Å². The van der Waals surface area contributed by atoms with Crippen molar-refractivity contribution in [2.24, 2.45) is 0 Å². The summed E-state index contributed by atoms with van der Waals surface area (Å²) in [4.78, 5) is 0. The summed E-state index contributed by atoms with van der Waals surface area (Å²) >= 11 is 0. The largest absolute Gasteiger partial charge is 0.417 e. The second-order valence-corrected chi connectivity index (χ2v) is 6.44. The van der Waals surface area contributed by atoms with Crippen LogP contribution in [-0.2, 0) is 19.1 Å². The van der Waals surface area contributed by atoms with Gasteiger partial charge in [0.15, 0.2) is 0 Å². The summed E-state index contributed by atoms with van der Waals surface area (Å²) in [7, 11) is 0. The van der Waals surface area contributed by atoms with E-state index in [9.17, 15) is 13.2 Å². The minimum atomic E-state index is -4.47. The highest BCUT2D eigenvalue weighted by atomic mass is 19.4. The molecule has 0 radical (unpaired) electrons. The van der Waals surface area contributed by atoms with Crippen LogP contribution in [-0.4, -0.2) is 4.57 Å². The number of halogens is 3. The van der Waals surface area contributed by atoms with Gasteiger partial charge < -0.3 is 4.57 Å². The van der Waals surface area contributed by atoms with Gasteiger partial charge in [0.1, 0.15) is 5.49 Å². The Balaban J connectivity index is 2.08. The van der Waals surface area contributed by atoms with E-state index in [1.165, 1.54) is 12.1 Å². The van der Waals surface area contributed by atoms with Crippen LogP contribution in [0.4, 0.5) is 13.2 Å². The molecule has 1 aromatic heterocycles. The molecule has 0 atom stereocenters. The van der Waals surface area contributed by atoms with Gasteiger partial charge in [0.2, 0.25) is 0 Å². The van der Waals surface area contributed by atoms with E-state index in [4.69, 9.17) is 5.41 Å². The fraction of sp³-hybridized carbons (Fsp3) is 0.190. The lowest BCUT2D eigenvalue weighted by atomic mass is 9.92. The summed E-state index contributed by atoms with van der Waals surface area (Å²) < 4.78 is 42.6. The van der Waals surface area contributed by atoms with Gasteiger partial charge in [-0.15, -0.1) is 0 Å². The maximum Gasteiger partial charge on any atom is 0.417 e. The molecule has 1 N–H and O–H groups in total. The minimum absolute atomic E-state index is 0.0612. The molecule has 2 heterocycles. The van der Waals surface area contributed by atoms with Crippen LogP contribution in [0, 0.1) is 5.41 Å². The first kappa shape index (κ1) is 16.6. The molecule has 0 aliphatic carbocycles. The van der Waals surface area contributed by atoms with Gasteiger partial charge in [0.05, 0.1) is 5.56 Å². The number of hydrogen-bond donors (Lipinski definition) is 1. The lowest BCUT2D eigenvalue weighted by molar-refractivity contribution is -0.137. The van der Waals surface area contributed by atoms with Crippen LogP contribution in [0.3, 0.4) is 0 Å². The first-order chi connectivity index (χ1) is 12.5. The Bertz CT molecular complexity index is 1020. The third-order valence-electron chi connectivity index (χ3n) is 4.83. The predicted molar refractivity (Wildman–Crippen MR) is 94.5 cm³/mol. The number of aromatic nitrogens is 1. The Kier molecular flexibility index (Phi) is 3.94. The highest BCUT2D eigenvalue weighted by Gasteiger charge is 2.34. The van der Waals surface area contributed by atoms with Gasteiger partial charge in [-0.05, 0) is 41.7 Å². The van der Waals surface area contributed by atoms with Crippen molar-refractivity contribution in [3.63, 3.8) is 0 Å². The van der Waals surface area contributed by atoms with Crippen molar-refractivity contribution in [3.05, 3.63) is 77.4 Å². The Morgan fingerprint density at radius 2 is 1.58 bits per heavy atom. The number of alkyl halides is 3. The smallest absolute Gasteiger partial charge is 0.330 e. The molecule has 0 saturated heterocycles. The first-order valence-electron chi connectivity index (χ1n) is 8.50. The number of hydrogen-bond acceptors (Lipinski definition) is 1. The van der Waals surface area contributed by atoms with Crippen LogP contribution < -0.4 is 5.49 Å². The average molecular weight is 354 g/mol. The van der Waals surface area contributed by atoms with Gasteiger partial charge in [-0.1, -0.05) is 48.5 Å². The molecule has 2 aromatic carbocycles. The van der Waals surface area contributed by atoms with Crippen molar-refractivity contribution in [2.45, 2.75) is 25.6 Å². The van der Waals surface area contributed by atoms with Crippen molar-refractivity contribution < 1.29 is 13.2 Å². The maximum absolute atomic E-state index is 13.6. The molecule has 0 fully saturated rings. The van der Waals surface area contributed by atoms with Gasteiger partial charge in [-0.25, -0.2) is 0 Å². The van der Waals surface area contributed by atoms with Crippen LogP contribution in [0.1, 0.15) is 17.7 Å². The van der Waals surface area contributed by atoms with E-state index in [1.54, 1.807) is 6.07 Å². The standard InChI is InChI=1S/C21H17F3N2/c22-21(23,24)18-11-5-4-10-16(18)19-17(14-7-2-1-3-8-14)13-15-9-6-12-26(15)20(19)25/h1-5,7-8,10-11,13,25H,6,9,12H2. The maximum atomic E-state index is 13.6. The van der Waals surface area contributed by atoms with Crippen LogP contribution in [0.2, 0.25) is 0 Å². The van der Waals surface area contributed by atoms with E-state index in [1.807, 2.05) is 41.0 Å². The number of nitrogens with one attached hydrogen (secondary N) is 1. The second-order valence-electron chi connectivity index (χ2n) is 6.44. The summed E-state index contributed by atoms with van der Waals surface area (Å²) in [5.41, 5.74) is 2.35. The van der Waals surface area contributed by atoms with E-state index < -0.39 is 11.7 Å². The highest BCUT2D eigenvalue weighted by Crippen LogP contribution is 2.39. The van der Waals surface area contributed by atoms with Crippen LogP contribution in [0.25, 0.3) is 22.3 Å². The number of rotatable bonds is 2. The normalized spacial score (nSPS) is 13.7. The fourth-order valence-corrected chi connectivity index (χ4v) is 3.67. The summed E-state index contributed by atoms with van der Waals surface area (Å²) in [5.74, 6) is 0. The molecule has 2 nitrogen and oxygen atoms in total. The molecular formula is C21H17F3N2. The zero-order valence-corrected chi connectivity index (χ0v) is 14.0. The predicted octanol–water partition coefficient (Wildman–Crippen LogP) is 5.27. The average Bonchev–Trinajstić information content (AvgIpc) is 3.11. The van der Waals surface area contributed by atoms with Crippen LogP contribution in [0.5, 0.6) is 0 Å². The Morgan fingerprint density at radius 3 is 2.31 bits per heavy atom. The Hall–Kier alpha value is -2.82. The molecule has 132 valence electrons. The monoisotopic (exact) mass is 354 g/mol. The summed E-state index contributed by atoms with van der Waals surface area (Å²) in [5, 5.41) is 8.65. The quantitative estimate of drug-likeness (QED) is 0.650. The van der Waals surface area contributed by atoms with Crippen LogP contribution in [0.15, 0.2) is 60.7 Å². The zero-order valence-electron chi connectivity index (χ0n) is 14.0. The van der Waals surface area contributed by atoms with Crippen molar-refractivity contribution >= 4 is 0 Å². The van der Waals surface area contributed by atoms with E-state index >= 15 is 0 Å². The summed E-state index contributed by atoms with van der Waals surface area (Å²) in [6, 6.07) is 16.8. The molecule has 5 heteroatoms. The molecule has 4 rings (SSSR count). The SMILES string of the molecule is N=c1c(-c2ccccc2C(F)(F)F)c(-c2ccccc2)cc2n1CCC2. The van der Waals surface area contributed by atoms with Gasteiger partial charge in [0, 0.05) is 17.8 Å². The number of fused-ring (bicyclic) bond motifs is 1. The molecular weight excluding hydrogens is 337 g/mol. The molecule has 0 spiro atoms. The van der Waals surface area contributed by atoms with Gasteiger partial charge in [-0.3, -0.25) is 5.41 Å². The Morgan fingerprint density at radius 1 is 0.885 bits per heavy atom. The van der Waals surface area contributed by atoms with Gasteiger partial charge >= 0.3 is 6.18 Å². The van der Waals surface area contributed by atoms with Crippen LogP contribution >= 0.6 is 0 Å². The van der Waals surface area contributed by atoms with Gasteiger partial charge in [0.25, 0.3) is 0 Å². The molecule has 0 bridgehead atoms. The lowest BCUT2D eigenvalue weighted by Gasteiger charge is -2.19. The van der Waals surface area contributed by atoms with Crippen molar-refractivity contribution in [1.82, 2.24) is 4.57 Å². The topological polar surface area (TPSA) is 28.8 Å². The number of pyridine rings is 1. The minimum Gasteiger partial charge on any atom is -0.330 e. The number of benzene rings is 2. The number of aryl methyl sites for hydroxylation is 1. The summed E-state index contributed by atoms with van der Waals surface area (Å²) in [6.07, 6.45) is -2.72. The van der Waals surface area contributed by atoms with Crippen molar-refractivity contribution in [1.29, 1.82) is 5.41 Å². The van der Waals surface area contributed by atoms with E-state index in [-0.39, 0.29) is 11.1 Å². The fourth-order valence-electron chi connectivity index (χ4n) is 3.67. The summed E-state index contributed by atoms with van der Waals surface area (Å²) in [6.45, 7) is 0.671. The Labute approximate surface area is 149 Å². The molecule has 3 aromatic rings. The second kappa shape index (κ2) is 6.16. The van der Waals surface area contributed by atoms with E-state index in [2.05, 4.69) is 0 Å². The third kappa shape index (κ3) is 2.73. The third-order valence-corrected chi connectivity index (χ3v) is 4.83. The first-order valence-corrected chi connectivity index (χ1v) is 8.50. The van der Waals surface area contributed by atoms with E-state index in [0.29, 0.717) is 17.7 Å². The van der Waals surface area contributed by atoms with Gasteiger partial charge in [-0.2, -0.15) is 13.2 Å². The van der Waals surface area contributed by atoms with Crippen molar-refractivity contribution in [2.75, 3.05) is 0 Å². The zero-order chi connectivity index (χ0) is 18.3. The molecule has 1 aliphatic rings. The van der Waals surface area contributed by atoms with Crippen molar-refractivity contribution in [3.8, 4) is 22.3 Å². The lowest BCUT2D eigenvalue weighted by Crippen LogP contribution is -2.23. The molecule has 26 heavy (non-hydrogen) atoms. The molecule has 0 amide bonds. The molecule has 1 aliphatic heterocycles.